The molecule has 1 unspecified atom stereocenters. The first-order valence-corrected chi connectivity index (χ1v) is 8.23. The summed E-state index contributed by atoms with van der Waals surface area (Å²) in [7, 11) is -3.52. The topological polar surface area (TPSA) is 62.3 Å². The average molecular weight is 304 g/mol. The molecule has 2 heterocycles. The molecule has 1 aromatic rings. The minimum Gasteiger partial charge on any atom is -0.302 e. The zero-order valence-corrected chi connectivity index (χ0v) is 12.4. The van der Waals surface area contributed by atoms with Gasteiger partial charge in [-0.15, -0.1) is 0 Å². The number of sulfonamides is 1. The molecule has 1 fully saturated rings. The number of pyridine rings is 1. The van der Waals surface area contributed by atoms with Gasteiger partial charge in [-0.25, -0.2) is 18.1 Å². The minimum atomic E-state index is -3.52. The monoisotopic (exact) mass is 303 g/mol. The van der Waals surface area contributed by atoms with Crippen molar-refractivity contribution >= 4 is 21.6 Å². The summed E-state index contributed by atoms with van der Waals surface area (Å²) < 4.78 is 27.2. The van der Waals surface area contributed by atoms with Crippen LogP contribution in [-0.4, -0.2) is 44.0 Å². The van der Waals surface area contributed by atoms with Gasteiger partial charge in [-0.3, -0.25) is 0 Å². The van der Waals surface area contributed by atoms with E-state index in [9.17, 15) is 8.42 Å². The van der Waals surface area contributed by atoms with Crippen molar-refractivity contribution in [3.63, 3.8) is 0 Å². The Morgan fingerprint density at radius 3 is 3.05 bits per heavy atom. The smallest absolute Gasteiger partial charge is 0.241 e. The van der Waals surface area contributed by atoms with Gasteiger partial charge in [-0.1, -0.05) is 18.5 Å². The molecule has 1 N–H and O–H groups in total. The minimum absolute atomic E-state index is 0.0364. The SMILES string of the molecule is CCN1CCCC(NS(=O)(=O)c2ccnc(Cl)c2)C1. The fraction of sp³-hybridized carbons (Fsp3) is 0.583. The van der Waals surface area contributed by atoms with E-state index in [1.165, 1.54) is 18.3 Å². The van der Waals surface area contributed by atoms with E-state index >= 15 is 0 Å². The molecule has 1 atom stereocenters. The van der Waals surface area contributed by atoms with Crippen LogP contribution in [0.2, 0.25) is 5.15 Å². The molecular formula is C12H18ClN3O2S. The lowest BCUT2D eigenvalue weighted by Crippen LogP contribution is -2.47. The summed E-state index contributed by atoms with van der Waals surface area (Å²) in [5, 5.41) is 0.182. The number of hydrogen-bond acceptors (Lipinski definition) is 4. The first-order valence-electron chi connectivity index (χ1n) is 6.37. The maximum Gasteiger partial charge on any atom is 0.241 e. The Labute approximate surface area is 119 Å². The molecule has 1 saturated heterocycles. The zero-order chi connectivity index (χ0) is 13.9. The highest BCUT2D eigenvalue weighted by molar-refractivity contribution is 7.89. The van der Waals surface area contributed by atoms with Crippen LogP contribution in [0.25, 0.3) is 0 Å². The summed E-state index contributed by atoms with van der Waals surface area (Å²) in [5.41, 5.74) is 0. The van der Waals surface area contributed by atoms with Crippen LogP contribution in [0, 0.1) is 0 Å². The maximum absolute atomic E-state index is 12.2. The van der Waals surface area contributed by atoms with Gasteiger partial charge in [0.15, 0.2) is 0 Å². The van der Waals surface area contributed by atoms with Crippen molar-refractivity contribution in [1.82, 2.24) is 14.6 Å². The second-order valence-electron chi connectivity index (χ2n) is 4.67. The Morgan fingerprint density at radius 2 is 2.37 bits per heavy atom. The quantitative estimate of drug-likeness (QED) is 0.856. The van der Waals surface area contributed by atoms with Crippen LogP contribution in [0.4, 0.5) is 0 Å². The van der Waals surface area contributed by atoms with Gasteiger partial charge in [0.2, 0.25) is 10.0 Å². The molecule has 19 heavy (non-hydrogen) atoms. The average Bonchev–Trinajstić information content (AvgIpc) is 2.38. The second-order valence-corrected chi connectivity index (χ2v) is 6.77. The van der Waals surface area contributed by atoms with E-state index in [0.717, 1.165) is 32.5 Å². The third-order valence-electron chi connectivity index (χ3n) is 3.28. The van der Waals surface area contributed by atoms with E-state index in [4.69, 9.17) is 11.6 Å². The largest absolute Gasteiger partial charge is 0.302 e. The Morgan fingerprint density at radius 1 is 1.58 bits per heavy atom. The molecule has 0 bridgehead atoms. The van der Waals surface area contributed by atoms with Gasteiger partial charge in [0, 0.05) is 18.8 Å². The summed E-state index contributed by atoms with van der Waals surface area (Å²) in [4.78, 5) is 6.20. The Balaban J connectivity index is 2.09. The number of likely N-dealkylation sites (N-methyl/N-ethyl adjacent to an activating group) is 1. The number of piperidine rings is 1. The maximum atomic E-state index is 12.2. The molecule has 1 aliphatic rings. The molecule has 0 aromatic carbocycles. The molecular weight excluding hydrogens is 286 g/mol. The van der Waals surface area contributed by atoms with Crippen LogP contribution in [0.5, 0.6) is 0 Å². The van der Waals surface area contributed by atoms with Crippen molar-refractivity contribution in [2.24, 2.45) is 0 Å². The van der Waals surface area contributed by atoms with E-state index in [-0.39, 0.29) is 16.1 Å². The number of nitrogens with zero attached hydrogens (tertiary/aromatic N) is 2. The van der Waals surface area contributed by atoms with E-state index in [0.29, 0.717) is 0 Å². The number of nitrogens with one attached hydrogen (secondary N) is 1. The highest BCUT2D eigenvalue weighted by Gasteiger charge is 2.24. The summed E-state index contributed by atoms with van der Waals surface area (Å²) in [5.74, 6) is 0. The molecule has 0 spiro atoms. The summed E-state index contributed by atoms with van der Waals surface area (Å²) in [6, 6.07) is 2.78. The van der Waals surface area contributed by atoms with E-state index in [1.54, 1.807) is 0 Å². The standard InChI is InChI=1S/C12H18ClN3O2S/c1-2-16-7-3-4-10(9-16)15-19(17,18)11-5-6-14-12(13)8-11/h5-6,8,10,15H,2-4,7,9H2,1H3. The first-order chi connectivity index (χ1) is 9.01. The van der Waals surface area contributed by atoms with Crippen molar-refractivity contribution < 1.29 is 8.42 Å². The van der Waals surface area contributed by atoms with Crippen LogP contribution in [0.3, 0.4) is 0 Å². The lowest BCUT2D eigenvalue weighted by atomic mass is 10.1. The number of rotatable bonds is 4. The van der Waals surface area contributed by atoms with Gasteiger partial charge in [0.05, 0.1) is 4.90 Å². The molecule has 2 rings (SSSR count). The molecule has 106 valence electrons. The Kier molecular flexibility index (Phi) is 4.78. The molecule has 1 aliphatic heterocycles. The highest BCUT2D eigenvalue weighted by Crippen LogP contribution is 2.16. The lowest BCUT2D eigenvalue weighted by Gasteiger charge is -2.32. The molecule has 0 radical (unpaired) electrons. The Hall–Kier alpha value is -0.690. The van der Waals surface area contributed by atoms with Crippen LogP contribution < -0.4 is 4.72 Å². The third kappa shape index (κ3) is 3.89. The second kappa shape index (κ2) is 6.17. The van der Waals surface area contributed by atoms with Gasteiger partial charge in [-0.2, -0.15) is 0 Å². The van der Waals surface area contributed by atoms with E-state index in [1.807, 2.05) is 0 Å². The van der Waals surface area contributed by atoms with E-state index in [2.05, 4.69) is 21.5 Å². The lowest BCUT2D eigenvalue weighted by molar-refractivity contribution is 0.211. The number of halogens is 1. The molecule has 1 aromatic heterocycles. The van der Waals surface area contributed by atoms with Crippen LogP contribution in [0.15, 0.2) is 23.2 Å². The van der Waals surface area contributed by atoms with Crippen molar-refractivity contribution in [1.29, 1.82) is 0 Å². The van der Waals surface area contributed by atoms with Gasteiger partial charge in [0.25, 0.3) is 0 Å². The van der Waals surface area contributed by atoms with Gasteiger partial charge < -0.3 is 4.90 Å². The molecule has 0 aliphatic carbocycles. The van der Waals surface area contributed by atoms with Crippen molar-refractivity contribution in [3.05, 3.63) is 23.5 Å². The number of likely N-dealkylation sites (tertiary alicyclic amines) is 1. The molecule has 0 saturated carbocycles. The zero-order valence-electron chi connectivity index (χ0n) is 10.8. The number of aromatic nitrogens is 1. The first kappa shape index (κ1) is 14.7. The molecule has 0 amide bonds. The van der Waals surface area contributed by atoms with Gasteiger partial charge >= 0.3 is 0 Å². The fourth-order valence-corrected chi connectivity index (χ4v) is 3.79. The van der Waals surface area contributed by atoms with Gasteiger partial charge in [-0.05, 0) is 38.1 Å². The Bertz CT molecular complexity index is 536. The van der Waals surface area contributed by atoms with Crippen LogP contribution >= 0.6 is 11.6 Å². The van der Waals surface area contributed by atoms with Crippen LogP contribution in [-0.2, 0) is 10.0 Å². The van der Waals surface area contributed by atoms with E-state index < -0.39 is 10.0 Å². The van der Waals surface area contributed by atoms with Crippen LogP contribution in [0.1, 0.15) is 19.8 Å². The summed E-state index contributed by atoms with van der Waals surface area (Å²) in [6.07, 6.45) is 3.28. The van der Waals surface area contributed by atoms with Gasteiger partial charge in [0.1, 0.15) is 5.15 Å². The molecule has 5 nitrogen and oxygen atoms in total. The number of hydrogen-bond donors (Lipinski definition) is 1. The highest BCUT2D eigenvalue weighted by atomic mass is 35.5. The van der Waals surface area contributed by atoms with Crippen molar-refractivity contribution in [2.75, 3.05) is 19.6 Å². The third-order valence-corrected chi connectivity index (χ3v) is 5.01. The van der Waals surface area contributed by atoms with Crippen molar-refractivity contribution in [3.8, 4) is 0 Å². The van der Waals surface area contributed by atoms with Crippen molar-refractivity contribution in [2.45, 2.75) is 30.7 Å². The fourth-order valence-electron chi connectivity index (χ4n) is 2.28. The summed E-state index contributed by atoms with van der Waals surface area (Å²) in [6.45, 7) is 4.82. The normalized spacial score (nSPS) is 21.5. The molecule has 7 heteroatoms. The summed E-state index contributed by atoms with van der Waals surface area (Å²) >= 11 is 5.73. The predicted molar refractivity (Wildman–Crippen MR) is 74.7 cm³/mol. The predicted octanol–water partition coefficient (Wildman–Crippen LogP) is 1.50.